The summed E-state index contributed by atoms with van der Waals surface area (Å²) in [5.41, 5.74) is 1.26. The van der Waals surface area contributed by atoms with Gasteiger partial charge in [0.15, 0.2) is 11.5 Å². The summed E-state index contributed by atoms with van der Waals surface area (Å²) in [6.45, 7) is 2.47. The molecule has 2 aromatic rings. The van der Waals surface area contributed by atoms with Gasteiger partial charge in [-0.25, -0.2) is 0 Å². The molecule has 5 heteroatoms. The first-order valence-electron chi connectivity index (χ1n) is 7.33. The predicted octanol–water partition coefficient (Wildman–Crippen LogP) is 3.38. The molecule has 0 spiro atoms. The summed E-state index contributed by atoms with van der Waals surface area (Å²) in [7, 11) is 4.60. The highest BCUT2D eigenvalue weighted by Crippen LogP contribution is 2.35. The second-order valence-electron chi connectivity index (χ2n) is 4.79. The molecule has 0 fully saturated rings. The Morgan fingerprint density at radius 3 is 2.00 bits per heavy atom. The fourth-order valence-electron chi connectivity index (χ4n) is 2.39. The Kier molecular flexibility index (Phi) is 5.46. The average Bonchev–Trinajstić information content (AvgIpc) is 2.61. The predicted molar refractivity (Wildman–Crippen MR) is 89.9 cm³/mol. The third-order valence-corrected chi connectivity index (χ3v) is 3.57. The van der Waals surface area contributed by atoms with Crippen LogP contribution in [0.5, 0.6) is 17.2 Å². The molecular formula is C18H21NO4. The van der Waals surface area contributed by atoms with Gasteiger partial charge in [0.1, 0.15) is 5.75 Å². The number of rotatable bonds is 6. The highest BCUT2D eigenvalue weighted by atomic mass is 16.5. The molecule has 5 nitrogen and oxygen atoms in total. The standard InChI is InChI=1S/C18H21NO4/c1-5-19(13-9-7-6-8-10-13)18(20)14-11-16(22-3)17(23-4)12-15(14)21-2/h6-12H,5H2,1-4H3. The van der Waals surface area contributed by atoms with Crippen LogP contribution in [-0.2, 0) is 0 Å². The number of hydrogen-bond donors (Lipinski definition) is 0. The summed E-state index contributed by atoms with van der Waals surface area (Å²) in [5.74, 6) is 1.29. The number of para-hydroxylation sites is 1. The molecule has 2 aromatic carbocycles. The lowest BCUT2D eigenvalue weighted by molar-refractivity contribution is 0.0985. The van der Waals surface area contributed by atoms with E-state index in [0.29, 0.717) is 29.4 Å². The summed E-state index contributed by atoms with van der Waals surface area (Å²) < 4.78 is 15.9. The van der Waals surface area contributed by atoms with Crippen molar-refractivity contribution in [1.29, 1.82) is 0 Å². The van der Waals surface area contributed by atoms with Gasteiger partial charge in [-0.15, -0.1) is 0 Å². The lowest BCUT2D eigenvalue weighted by Gasteiger charge is -2.23. The van der Waals surface area contributed by atoms with Crippen LogP contribution in [0.25, 0.3) is 0 Å². The molecule has 0 unspecified atom stereocenters. The van der Waals surface area contributed by atoms with Crippen molar-refractivity contribution in [2.45, 2.75) is 6.92 Å². The zero-order chi connectivity index (χ0) is 16.8. The minimum Gasteiger partial charge on any atom is -0.496 e. The first-order chi connectivity index (χ1) is 11.2. The fraction of sp³-hybridized carbons (Fsp3) is 0.278. The van der Waals surface area contributed by atoms with E-state index in [1.165, 1.54) is 14.2 Å². The topological polar surface area (TPSA) is 48.0 Å². The molecule has 0 saturated carbocycles. The number of carbonyl (C=O) groups is 1. The number of hydrogen-bond acceptors (Lipinski definition) is 4. The van der Waals surface area contributed by atoms with Crippen LogP contribution >= 0.6 is 0 Å². The molecule has 0 heterocycles. The molecule has 0 bridgehead atoms. The summed E-state index contributed by atoms with van der Waals surface area (Å²) in [6, 6.07) is 12.8. The Morgan fingerprint density at radius 2 is 1.48 bits per heavy atom. The Bertz CT molecular complexity index is 670. The van der Waals surface area contributed by atoms with Gasteiger partial charge in [-0.2, -0.15) is 0 Å². The quantitative estimate of drug-likeness (QED) is 0.820. The van der Waals surface area contributed by atoms with Crippen molar-refractivity contribution in [3.05, 3.63) is 48.0 Å². The van der Waals surface area contributed by atoms with Crippen LogP contribution in [0.3, 0.4) is 0 Å². The fourth-order valence-corrected chi connectivity index (χ4v) is 2.39. The number of carbonyl (C=O) groups excluding carboxylic acids is 1. The van der Waals surface area contributed by atoms with Crippen molar-refractivity contribution in [2.24, 2.45) is 0 Å². The van der Waals surface area contributed by atoms with E-state index >= 15 is 0 Å². The average molecular weight is 315 g/mol. The third kappa shape index (κ3) is 3.39. The maximum absolute atomic E-state index is 13.0. The van der Waals surface area contributed by atoms with E-state index in [4.69, 9.17) is 14.2 Å². The number of nitrogens with zero attached hydrogens (tertiary/aromatic N) is 1. The van der Waals surface area contributed by atoms with Crippen LogP contribution in [0.4, 0.5) is 5.69 Å². The van der Waals surface area contributed by atoms with E-state index in [2.05, 4.69) is 0 Å². The zero-order valence-electron chi connectivity index (χ0n) is 13.8. The molecule has 0 aliphatic carbocycles. The molecular weight excluding hydrogens is 294 g/mol. The van der Waals surface area contributed by atoms with Gasteiger partial charge >= 0.3 is 0 Å². The summed E-state index contributed by atoms with van der Waals surface area (Å²) in [5, 5.41) is 0. The van der Waals surface area contributed by atoms with E-state index in [1.807, 2.05) is 37.3 Å². The monoisotopic (exact) mass is 315 g/mol. The van der Waals surface area contributed by atoms with Crippen molar-refractivity contribution < 1.29 is 19.0 Å². The first-order valence-corrected chi connectivity index (χ1v) is 7.33. The minimum absolute atomic E-state index is 0.156. The molecule has 2 rings (SSSR count). The number of ether oxygens (including phenoxy) is 3. The maximum Gasteiger partial charge on any atom is 0.262 e. The lowest BCUT2D eigenvalue weighted by Crippen LogP contribution is -2.30. The minimum atomic E-state index is -0.156. The molecule has 0 aliphatic heterocycles. The molecule has 122 valence electrons. The van der Waals surface area contributed by atoms with Crippen molar-refractivity contribution in [3.63, 3.8) is 0 Å². The largest absolute Gasteiger partial charge is 0.496 e. The van der Waals surface area contributed by atoms with Gasteiger partial charge in [0.2, 0.25) is 0 Å². The first kappa shape index (κ1) is 16.7. The van der Waals surface area contributed by atoms with Crippen LogP contribution in [0.2, 0.25) is 0 Å². The Labute approximate surface area is 136 Å². The summed E-state index contributed by atoms with van der Waals surface area (Å²) in [4.78, 5) is 14.7. The van der Waals surface area contributed by atoms with Gasteiger partial charge in [0, 0.05) is 24.4 Å². The van der Waals surface area contributed by atoms with Gasteiger partial charge in [-0.3, -0.25) is 4.79 Å². The van der Waals surface area contributed by atoms with Crippen molar-refractivity contribution in [1.82, 2.24) is 0 Å². The Hall–Kier alpha value is -2.69. The van der Waals surface area contributed by atoms with Gasteiger partial charge in [0.05, 0.1) is 26.9 Å². The number of methoxy groups -OCH3 is 3. The molecule has 23 heavy (non-hydrogen) atoms. The zero-order valence-corrected chi connectivity index (χ0v) is 13.8. The second kappa shape index (κ2) is 7.54. The smallest absolute Gasteiger partial charge is 0.262 e. The third-order valence-electron chi connectivity index (χ3n) is 3.57. The van der Waals surface area contributed by atoms with Gasteiger partial charge in [-0.1, -0.05) is 18.2 Å². The van der Waals surface area contributed by atoms with Crippen molar-refractivity contribution in [3.8, 4) is 17.2 Å². The summed E-state index contributed by atoms with van der Waals surface area (Å²) >= 11 is 0. The van der Waals surface area contributed by atoms with Crippen molar-refractivity contribution >= 4 is 11.6 Å². The number of amides is 1. The molecule has 1 amide bonds. The molecule has 0 radical (unpaired) electrons. The summed E-state index contributed by atoms with van der Waals surface area (Å²) in [6.07, 6.45) is 0. The molecule has 0 aromatic heterocycles. The van der Waals surface area contributed by atoms with Crippen LogP contribution in [-0.4, -0.2) is 33.8 Å². The van der Waals surface area contributed by atoms with E-state index in [1.54, 1.807) is 24.1 Å². The van der Waals surface area contributed by atoms with Gasteiger partial charge in [0.25, 0.3) is 5.91 Å². The van der Waals surface area contributed by atoms with Crippen LogP contribution in [0, 0.1) is 0 Å². The van der Waals surface area contributed by atoms with Crippen LogP contribution in [0.1, 0.15) is 17.3 Å². The van der Waals surface area contributed by atoms with E-state index in [-0.39, 0.29) is 5.91 Å². The number of benzene rings is 2. The van der Waals surface area contributed by atoms with Crippen molar-refractivity contribution in [2.75, 3.05) is 32.8 Å². The normalized spacial score (nSPS) is 10.1. The Morgan fingerprint density at radius 1 is 0.913 bits per heavy atom. The van der Waals surface area contributed by atoms with E-state index in [9.17, 15) is 4.79 Å². The van der Waals surface area contributed by atoms with E-state index < -0.39 is 0 Å². The molecule has 0 aliphatic rings. The lowest BCUT2D eigenvalue weighted by atomic mass is 10.1. The highest BCUT2D eigenvalue weighted by Gasteiger charge is 2.22. The number of anilines is 1. The van der Waals surface area contributed by atoms with Crippen LogP contribution in [0.15, 0.2) is 42.5 Å². The van der Waals surface area contributed by atoms with E-state index in [0.717, 1.165) is 5.69 Å². The van der Waals surface area contributed by atoms with Gasteiger partial charge in [-0.05, 0) is 19.1 Å². The molecule has 0 N–H and O–H groups in total. The SMILES string of the molecule is CCN(C(=O)c1cc(OC)c(OC)cc1OC)c1ccccc1. The van der Waals surface area contributed by atoms with Crippen LogP contribution < -0.4 is 19.1 Å². The molecule has 0 saturated heterocycles. The Balaban J connectivity index is 2.48. The van der Waals surface area contributed by atoms with Gasteiger partial charge < -0.3 is 19.1 Å². The highest BCUT2D eigenvalue weighted by molar-refractivity contribution is 6.08. The molecule has 0 atom stereocenters. The second-order valence-corrected chi connectivity index (χ2v) is 4.79. The maximum atomic E-state index is 13.0.